The van der Waals surface area contributed by atoms with Gasteiger partial charge in [0.25, 0.3) is 0 Å². The first-order chi connectivity index (χ1) is 7.72. The average Bonchev–Trinajstić information content (AvgIpc) is 2.24. The van der Waals surface area contributed by atoms with E-state index in [-0.39, 0.29) is 6.10 Å². The van der Waals surface area contributed by atoms with Crippen LogP contribution in [0.1, 0.15) is 19.8 Å². The zero-order valence-electron chi connectivity index (χ0n) is 10.6. The molecule has 0 spiro atoms. The number of aliphatic hydroxyl groups excluding tert-OH is 1. The number of hydrogen-bond donors (Lipinski definition) is 2. The van der Waals surface area contributed by atoms with Gasteiger partial charge in [0.2, 0.25) is 0 Å². The summed E-state index contributed by atoms with van der Waals surface area (Å²) in [6.45, 7) is 7.71. The summed E-state index contributed by atoms with van der Waals surface area (Å²) < 4.78 is 5.00. The second-order valence-corrected chi connectivity index (χ2v) is 4.81. The second-order valence-electron chi connectivity index (χ2n) is 4.81. The molecule has 16 heavy (non-hydrogen) atoms. The van der Waals surface area contributed by atoms with Gasteiger partial charge >= 0.3 is 0 Å². The predicted molar refractivity (Wildman–Crippen MR) is 65.6 cm³/mol. The fourth-order valence-electron chi connectivity index (χ4n) is 2.34. The van der Waals surface area contributed by atoms with Gasteiger partial charge in [0.15, 0.2) is 0 Å². The third kappa shape index (κ3) is 5.80. The van der Waals surface area contributed by atoms with Crippen LogP contribution < -0.4 is 5.32 Å². The molecule has 2 unspecified atom stereocenters. The minimum absolute atomic E-state index is 0.208. The Bertz CT molecular complexity index is 176. The number of rotatable bonds is 7. The Balaban J connectivity index is 2.12. The molecule has 1 heterocycles. The lowest BCUT2D eigenvalue weighted by Crippen LogP contribution is -2.42. The van der Waals surface area contributed by atoms with Gasteiger partial charge in [0, 0.05) is 26.7 Å². The van der Waals surface area contributed by atoms with Gasteiger partial charge in [-0.3, -0.25) is 0 Å². The Morgan fingerprint density at radius 1 is 1.56 bits per heavy atom. The van der Waals surface area contributed by atoms with Crippen molar-refractivity contribution in [2.24, 2.45) is 5.92 Å². The summed E-state index contributed by atoms with van der Waals surface area (Å²) >= 11 is 0. The third-order valence-corrected chi connectivity index (χ3v) is 3.04. The molecule has 0 aliphatic carbocycles. The molecule has 96 valence electrons. The molecule has 0 amide bonds. The zero-order valence-corrected chi connectivity index (χ0v) is 10.6. The molecule has 0 aromatic carbocycles. The first-order valence-electron chi connectivity index (χ1n) is 6.32. The lowest BCUT2D eigenvalue weighted by atomic mass is 9.98. The lowest BCUT2D eigenvalue weighted by Gasteiger charge is -2.33. The van der Waals surface area contributed by atoms with E-state index in [0.717, 1.165) is 45.2 Å². The van der Waals surface area contributed by atoms with Crippen molar-refractivity contribution < 1.29 is 9.84 Å². The van der Waals surface area contributed by atoms with Crippen molar-refractivity contribution in [3.63, 3.8) is 0 Å². The van der Waals surface area contributed by atoms with Crippen molar-refractivity contribution in [1.82, 2.24) is 10.2 Å². The monoisotopic (exact) mass is 230 g/mol. The van der Waals surface area contributed by atoms with E-state index in [0.29, 0.717) is 0 Å². The van der Waals surface area contributed by atoms with Crippen molar-refractivity contribution in [3.05, 3.63) is 0 Å². The van der Waals surface area contributed by atoms with E-state index in [9.17, 15) is 5.11 Å². The van der Waals surface area contributed by atoms with E-state index >= 15 is 0 Å². The first kappa shape index (κ1) is 13.9. The number of piperidine rings is 1. The smallest absolute Gasteiger partial charge is 0.0639 e. The van der Waals surface area contributed by atoms with Gasteiger partial charge < -0.3 is 20.1 Å². The van der Waals surface area contributed by atoms with Crippen LogP contribution in [0.2, 0.25) is 0 Å². The Kier molecular flexibility index (Phi) is 6.96. The molecule has 0 radical (unpaired) electrons. The van der Waals surface area contributed by atoms with Crippen molar-refractivity contribution in [3.8, 4) is 0 Å². The standard InChI is InChI=1S/C12H26N2O2/c1-11(15)9-14-6-3-4-12(10-14)8-13-5-7-16-2/h11-13,15H,3-10H2,1-2H3. The largest absolute Gasteiger partial charge is 0.392 e. The molecule has 1 aliphatic heterocycles. The quantitative estimate of drug-likeness (QED) is 0.618. The minimum Gasteiger partial charge on any atom is -0.392 e. The van der Waals surface area contributed by atoms with Crippen LogP contribution >= 0.6 is 0 Å². The molecule has 1 fully saturated rings. The summed E-state index contributed by atoms with van der Waals surface area (Å²) in [5.74, 6) is 0.726. The minimum atomic E-state index is -0.208. The number of ether oxygens (including phenoxy) is 1. The topological polar surface area (TPSA) is 44.7 Å². The maximum absolute atomic E-state index is 9.36. The summed E-state index contributed by atoms with van der Waals surface area (Å²) in [6, 6.07) is 0. The molecule has 0 saturated carbocycles. The number of methoxy groups -OCH3 is 1. The van der Waals surface area contributed by atoms with Gasteiger partial charge in [-0.25, -0.2) is 0 Å². The Morgan fingerprint density at radius 3 is 3.06 bits per heavy atom. The predicted octanol–water partition coefficient (Wildman–Crippen LogP) is 0.315. The van der Waals surface area contributed by atoms with Gasteiger partial charge in [-0.15, -0.1) is 0 Å². The van der Waals surface area contributed by atoms with Crippen LogP contribution in [-0.2, 0) is 4.74 Å². The highest BCUT2D eigenvalue weighted by Gasteiger charge is 2.20. The first-order valence-corrected chi connectivity index (χ1v) is 6.32. The van der Waals surface area contributed by atoms with E-state index in [2.05, 4.69) is 10.2 Å². The van der Waals surface area contributed by atoms with Gasteiger partial charge in [-0.2, -0.15) is 0 Å². The Hall–Kier alpha value is -0.160. The van der Waals surface area contributed by atoms with Crippen molar-refractivity contribution in [2.45, 2.75) is 25.9 Å². The highest BCUT2D eigenvalue weighted by Crippen LogP contribution is 2.15. The van der Waals surface area contributed by atoms with Crippen molar-refractivity contribution in [2.75, 3.05) is 46.4 Å². The van der Waals surface area contributed by atoms with Crippen LogP contribution in [0.5, 0.6) is 0 Å². The number of nitrogens with zero attached hydrogens (tertiary/aromatic N) is 1. The molecule has 1 rings (SSSR count). The van der Waals surface area contributed by atoms with E-state index in [1.54, 1.807) is 7.11 Å². The molecular formula is C12H26N2O2. The van der Waals surface area contributed by atoms with Gasteiger partial charge in [-0.1, -0.05) is 0 Å². The fourth-order valence-corrected chi connectivity index (χ4v) is 2.34. The number of β-amino-alcohol motifs (C(OH)–C–C–N with tert-alkyl or cyclic N) is 1. The van der Waals surface area contributed by atoms with Crippen LogP contribution in [0.25, 0.3) is 0 Å². The second kappa shape index (κ2) is 8.01. The summed E-state index contributed by atoms with van der Waals surface area (Å²) in [5.41, 5.74) is 0. The Morgan fingerprint density at radius 2 is 2.38 bits per heavy atom. The van der Waals surface area contributed by atoms with Crippen LogP contribution in [0, 0.1) is 5.92 Å². The Labute approximate surface area is 99.0 Å². The highest BCUT2D eigenvalue weighted by atomic mass is 16.5. The number of likely N-dealkylation sites (tertiary alicyclic amines) is 1. The lowest BCUT2D eigenvalue weighted by molar-refractivity contribution is 0.0938. The third-order valence-electron chi connectivity index (χ3n) is 3.04. The van der Waals surface area contributed by atoms with Gasteiger partial charge in [0.05, 0.1) is 12.7 Å². The molecule has 0 bridgehead atoms. The molecule has 2 atom stereocenters. The van der Waals surface area contributed by atoms with Crippen LogP contribution in [0.3, 0.4) is 0 Å². The number of hydrogen-bond acceptors (Lipinski definition) is 4. The van der Waals surface area contributed by atoms with E-state index in [1.807, 2.05) is 6.92 Å². The fraction of sp³-hybridized carbons (Fsp3) is 1.00. The summed E-state index contributed by atoms with van der Waals surface area (Å²) in [6.07, 6.45) is 2.35. The van der Waals surface area contributed by atoms with Crippen LogP contribution in [0.4, 0.5) is 0 Å². The number of nitrogens with one attached hydrogen (secondary N) is 1. The zero-order chi connectivity index (χ0) is 11.8. The normalized spacial score (nSPS) is 24.6. The van der Waals surface area contributed by atoms with E-state index in [1.165, 1.54) is 12.8 Å². The molecule has 1 aliphatic rings. The SMILES string of the molecule is COCCNCC1CCCN(CC(C)O)C1. The number of aliphatic hydroxyl groups is 1. The molecule has 2 N–H and O–H groups in total. The van der Waals surface area contributed by atoms with Gasteiger partial charge in [-0.05, 0) is 38.8 Å². The van der Waals surface area contributed by atoms with Gasteiger partial charge in [0.1, 0.15) is 0 Å². The summed E-state index contributed by atoms with van der Waals surface area (Å²) in [4.78, 5) is 2.37. The van der Waals surface area contributed by atoms with E-state index in [4.69, 9.17) is 4.74 Å². The average molecular weight is 230 g/mol. The maximum atomic E-state index is 9.36. The summed E-state index contributed by atoms with van der Waals surface area (Å²) in [5, 5.41) is 12.8. The van der Waals surface area contributed by atoms with E-state index < -0.39 is 0 Å². The molecule has 4 nitrogen and oxygen atoms in total. The molecular weight excluding hydrogens is 204 g/mol. The van der Waals surface area contributed by atoms with Crippen LogP contribution in [0.15, 0.2) is 0 Å². The van der Waals surface area contributed by atoms with Crippen molar-refractivity contribution in [1.29, 1.82) is 0 Å². The molecule has 1 saturated heterocycles. The van der Waals surface area contributed by atoms with Crippen molar-refractivity contribution >= 4 is 0 Å². The molecule has 0 aromatic rings. The maximum Gasteiger partial charge on any atom is 0.0639 e. The van der Waals surface area contributed by atoms with Crippen LogP contribution in [-0.4, -0.2) is 62.6 Å². The summed E-state index contributed by atoms with van der Waals surface area (Å²) in [7, 11) is 1.73. The molecule has 0 aromatic heterocycles. The molecule has 4 heteroatoms. The highest BCUT2D eigenvalue weighted by molar-refractivity contribution is 4.75.